The Morgan fingerprint density at radius 2 is 1.73 bits per heavy atom. The number of hydrogen-bond donors (Lipinski definition) is 0. The molecule has 0 N–H and O–H groups in total. The molecule has 0 bridgehead atoms. The summed E-state index contributed by atoms with van der Waals surface area (Å²) in [5.74, 6) is 0. The number of unbranched alkanes of at least 4 members (excludes halogenated alkanes) is 5. The summed E-state index contributed by atoms with van der Waals surface area (Å²) in [6.45, 7) is 4.60. The van der Waals surface area contributed by atoms with E-state index in [0.29, 0.717) is 0 Å². The summed E-state index contributed by atoms with van der Waals surface area (Å²) in [5, 5.41) is 0. The largest absolute Gasteiger partial charge is 0.374 e. The third kappa shape index (κ3) is 7.66. The maximum atomic E-state index is 2.39. The minimum Gasteiger partial charge on any atom is -0.374 e. The molecule has 0 aromatic heterocycles. The average molecular weight is 274 g/mol. The van der Waals surface area contributed by atoms with Crippen LogP contribution >= 0.6 is 17.0 Å². The smallest absolute Gasteiger partial charge is 0.0357 e. The highest BCUT2D eigenvalue weighted by Gasteiger charge is 1.98. The summed E-state index contributed by atoms with van der Waals surface area (Å²) in [6.07, 6.45) is 17.0. The lowest BCUT2D eigenvalue weighted by molar-refractivity contribution is 0.392. The van der Waals surface area contributed by atoms with Gasteiger partial charge in [-0.25, -0.2) is 0 Å². The molecule has 0 radical (unpaired) electrons. The van der Waals surface area contributed by atoms with Crippen LogP contribution in [0, 0.1) is 0 Å². The highest BCUT2D eigenvalue weighted by atomic mass is 79.9. The Bertz CT molecular complexity index is 187. The van der Waals surface area contributed by atoms with Crippen LogP contribution in [0.25, 0.3) is 0 Å². The van der Waals surface area contributed by atoms with E-state index in [1.807, 2.05) is 0 Å². The zero-order chi connectivity index (χ0) is 10.1. The van der Waals surface area contributed by atoms with Gasteiger partial charge in [-0.3, -0.25) is 0 Å². The molecule has 2 heteroatoms. The molecule has 1 aliphatic heterocycles. The minimum atomic E-state index is 0. The number of hydrogen-bond acceptors (Lipinski definition) is 1. The molecule has 0 spiro atoms. The summed E-state index contributed by atoms with van der Waals surface area (Å²) in [4.78, 5) is 2.39. The van der Waals surface area contributed by atoms with Crippen molar-refractivity contribution < 1.29 is 0 Å². The molecule has 0 atom stereocenters. The van der Waals surface area contributed by atoms with Crippen LogP contribution in [-0.4, -0.2) is 18.0 Å². The van der Waals surface area contributed by atoms with Crippen molar-refractivity contribution >= 4 is 17.0 Å². The van der Waals surface area contributed by atoms with Crippen LogP contribution < -0.4 is 0 Å². The van der Waals surface area contributed by atoms with Crippen molar-refractivity contribution in [2.45, 2.75) is 45.4 Å². The fraction of sp³-hybridized carbons (Fsp3) is 0.692. The molecule has 1 aliphatic rings. The van der Waals surface area contributed by atoms with E-state index in [-0.39, 0.29) is 17.0 Å². The molecule has 0 amide bonds. The molecule has 0 fully saturated rings. The van der Waals surface area contributed by atoms with Gasteiger partial charge in [-0.2, -0.15) is 0 Å². The molecule has 0 aliphatic carbocycles. The van der Waals surface area contributed by atoms with E-state index >= 15 is 0 Å². The van der Waals surface area contributed by atoms with E-state index in [4.69, 9.17) is 0 Å². The first-order valence-electron chi connectivity index (χ1n) is 6.01. The quantitative estimate of drug-likeness (QED) is 0.625. The Morgan fingerprint density at radius 3 is 2.40 bits per heavy atom. The van der Waals surface area contributed by atoms with Gasteiger partial charge >= 0.3 is 0 Å². The SMILES string of the molecule is Br.CCCCCCCCN1C=CC=CC1. The monoisotopic (exact) mass is 273 g/mol. The molecule has 1 nitrogen and oxygen atoms in total. The highest BCUT2D eigenvalue weighted by molar-refractivity contribution is 8.93. The van der Waals surface area contributed by atoms with Gasteiger partial charge in [-0.1, -0.05) is 51.2 Å². The van der Waals surface area contributed by atoms with Crippen LogP contribution in [0.4, 0.5) is 0 Å². The molecule has 0 aromatic rings. The summed E-state index contributed by atoms with van der Waals surface area (Å²) in [6, 6.07) is 0. The van der Waals surface area contributed by atoms with Gasteiger partial charge in [0.15, 0.2) is 0 Å². The molecule has 0 aromatic carbocycles. The Labute approximate surface area is 105 Å². The predicted octanol–water partition coefficient (Wildman–Crippen LogP) is 4.31. The number of allylic oxidation sites excluding steroid dienone is 2. The van der Waals surface area contributed by atoms with E-state index in [2.05, 4.69) is 36.3 Å². The maximum Gasteiger partial charge on any atom is 0.0357 e. The van der Waals surface area contributed by atoms with E-state index in [0.717, 1.165) is 6.54 Å². The van der Waals surface area contributed by atoms with Gasteiger partial charge < -0.3 is 4.90 Å². The van der Waals surface area contributed by atoms with Crippen LogP contribution in [0.2, 0.25) is 0 Å². The highest BCUT2D eigenvalue weighted by Crippen LogP contribution is 2.07. The maximum absolute atomic E-state index is 2.39. The van der Waals surface area contributed by atoms with Crippen LogP contribution in [-0.2, 0) is 0 Å². The van der Waals surface area contributed by atoms with Gasteiger partial charge in [0.2, 0.25) is 0 Å². The summed E-state index contributed by atoms with van der Waals surface area (Å²) in [7, 11) is 0. The zero-order valence-electron chi connectivity index (χ0n) is 9.82. The van der Waals surface area contributed by atoms with Gasteiger partial charge in [0, 0.05) is 13.1 Å². The lowest BCUT2D eigenvalue weighted by Crippen LogP contribution is -2.19. The lowest BCUT2D eigenvalue weighted by Gasteiger charge is -2.20. The van der Waals surface area contributed by atoms with Gasteiger partial charge in [-0.05, 0) is 18.7 Å². The standard InChI is InChI=1S/C13H23N.BrH/c1-2-3-4-5-6-8-11-14-12-9-7-10-13-14;/h7,9-10,12H,2-6,8,11,13H2,1H3;1H. The van der Waals surface area contributed by atoms with E-state index in [9.17, 15) is 0 Å². The van der Waals surface area contributed by atoms with Crippen molar-refractivity contribution in [1.29, 1.82) is 0 Å². The fourth-order valence-corrected chi connectivity index (χ4v) is 1.77. The Kier molecular flexibility index (Phi) is 10.1. The van der Waals surface area contributed by atoms with Crippen LogP contribution in [0.3, 0.4) is 0 Å². The van der Waals surface area contributed by atoms with E-state index in [1.54, 1.807) is 0 Å². The van der Waals surface area contributed by atoms with Gasteiger partial charge in [0.05, 0.1) is 0 Å². The minimum absolute atomic E-state index is 0. The van der Waals surface area contributed by atoms with Crippen molar-refractivity contribution in [3.8, 4) is 0 Å². The second-order valence-electron chi connectivity index (χ2n) is 4.03. The average Bonchev–Trinajstić information content (AvgIpc) is 2.25. The summed E-state index contributed by atoms with van der Waals surface area (Å²) >= 11 is 0. The van der Waals surface area contributed by atoms with Crippen molar-refractivity contribution in [3.05, 3.63) is 24.4 Å². The second-order valence-corrected chi connectivity index (χ2v) is 4.03. The first-order valence-corrected chi connectivity index (χ1v) is 6.01. The third-order valence-electron chi connectivity index (χ3n) is 2.68. The van der Waals surface area contributed by atoms with Crippen molar-refractivity contribution in [2.24, 2.45) is 0 Å². The molecule has 88 valence electrons. The normalized spacial score (nSPS) is 14.1. The topological polar surface area (TPSA) is 3.24 Å². The third-order valence-corrected chi connectivity index (χ3v) is 2.68. The van der Waals surface area contributed by atoms with Crippen molar-refractivity contribution in [3.63, 3.8) is 0 Å². The molecule has 0 unspecified atom stereocenters. The summed E-state index contributed by atoms with van der Waals surface area (Å²) in [5.41, 5.74) is 0. The Morgan fingerprint density at radius 1 is 1.00 bits per heavy atom. The van der Waals surface area contributed by atoms with Crippen molar-refractivity contribution in [2.75, 3.05) is 13.1 Å². The number of rotatable bonds is 7. The van der Waals surface area contributed by atoms with Crippen LogP contribution in [0.1, 0.15) is 45.4 Å². The predicted molar refractivity (Wildman–Crippen MR) is 73.6 cm³/mol. The summed E-state index contributed by atoms with van der Waals surface area (Å²) < 4.78 is 0. The second kappa shape index (κ2) is 10.3. The Balaban J connectivity index is 0.00000196. The van der Waals surface area contributed by atoms with Crippen LogP contribution in [0.5, 0.6) is 0 Å². The van der Waals surface area contributed by atoms with Gasteiger partial charge in [-0.15, -0.1) is 17.0 Å². The molecule has 15 heavy (non-hydrogen) atoms. The first-order chi connectivity index (χ1) is 6.93. The van der Waals surface area contributed by atoms with Gasteiger partial charge in [0.25, 0.3) is 0 Å². The fourth-order valence-electron chi connectivity index (χ4n) is 1.77. The Hall–Kier alpha value is -0.240. The number of nitrogens with zero attached hydrogens (tertiary/aromatic N) is 1. The van der Waals surface area contributed by atoms with Crippen LogP contribution in [0.15, 0.2) is 24.4 Å². The molecular weight excluding hydrogens is 250 g/mol. The molecule has 0 saturated heterocycles. The number of halogens is 1. The molecular formula is C13H24BrN. The molecule has 1 heterocycles. The lowest BCUT2D eigenvalue weighted by atomic mass is 10.1. The first kappa shape index (κ1) is 14.8. The zero-order valence-corrected chi connectivity index (χ0v) is 11.5. The molecule has 0 saturated carbocycles. The van der Waals surface area contributed by atoms with Gasteiger partial charge in [0.1, 0.15) is 0 Å². The van der Waals surface area contributed by atoms with E-state index < -0.39 is 0 Å². The van der Waals surface area contributed by atoms with E-state index in [1.165, 1.54) is 45.1 Å². The molecule has 1 rings (SSSR count). The van der Waals surface area contributed by atoms with Crippen molar-refractivity contribution in [1.82, 2.24) is 4.90 Å².